The third-order valence-electron chi connectivity index (χ3n) is 2.99. The monoisotopic (exact) mass is 285 g/mol. The molecule has 1 aliphatic heterocycles. The van der Waals surface area contributed by atoms with E-state index in [9.17, 15) is 18.4 Å². The zero-order valence-electron chi connectivity index (χ0n) is 10.5. The Kier molecular flexibility index (Phi) is 3.87. The average molecular weight is 285 g/mol. The molecule has 2 rings (SSSR count). The fourth-order valence-electron chi connectivity index (χ4n) is 1.95. The molecule has 1 aromatic carbocycles. The normalized spacial score (nSPS) is 17.0. The second-order valence-electron chi connectivity index (χ2n) is 4.51. The Bertz CT molecular complexity index is 533. The highest BCUT2D eigenvalue weighted by Crippen LogP contribution is 2.27. The van der Waals surface area contributed by atoms with Crippen LogP contribution in [-0.4, -0.2) is 47.5 Å². The van der Waals surface area contributed by atoms with Gasteiger partial charge in [-0.05, 0) is 12.1 Å². The van der Waals surface area contributed by atoms with Crippen LogP contribution in [0.2, 0.25) is 0 Å². The molecule has 0 saturated carbocycles. The van der Waals surface area contributed by atoms with Crippen molar-refractivity contribution in [2.45, 2.75) is 12.3 Å². The summed E-state index contributed by atoms with van der Waals surface area (Å²) in [7, 11) is 0. The molecule has 0 spiro atoms. The standard InChI is InChI=1S/C13H13F2NO4/c14-13(15)5-6-16(8-13)11(17)7-20-10-4-2-1-3-9(10)12(18)19/h1-4H,5-8H2,(H,18,19). The Labute approximate surface area is 113 Å². The SMILES string of the molecule is O=C(O)c1ccccc1OCC(=O)N1CCC(F)(F)C1. The molecule has 20 heavy (non-hydrogen) atoms. The molecule has 1 N–H and O–H groups in total. The maximum atomic E-state index is 13.0. The highest BCUT2D eigenvalue weighted by Gasteiger charge is 2.40. The van der Waals surface area contributed by atoms with Gasteiger partial charge in [-0.1, -0.05) is 12.1 Å². The number of ether oxygens (including phenoxy) is 1. The topological polar surface area (TPSA) is 66.8 Å². The first-order valence-corrected chi connectivity index (χ1v) is 6.00. The van der Waals surface area contributed by atoms with Crippen LogP contribution in [0.25, 0.3) is 0 Å². The number of aromatic carboxylic acids is 1. The summed E-state index contributed by atoms with van der Waals surface area (Å²) in [6, 6.07) is 5.84. The van der Waals surface area contributed by atoms with E-state index in [1.165, 1.54) is 18.2 Å². The van der Waals surface area contributed by atoms with Crippen molar-refractivity contribution in [3.05, 3.63) is 29.8 Å². The molecule has 5 nitrogen and oxygen atoms in total. The maximum absolute atomic E-state index is 13.0. The minimum absolute atomic E-state index is 0.0181. The predicted molar refractivity (Wildman–Crippen MR) is 65.0 cm³/mol. The summed E-state index contributed by atoms with van der Waals surface area (Å²) in [5, 5.41) is 8.94. The molecule has 0 unspecified atom stereocenters. The van der Waals surface area contributed by atoms with E-state index in [2.05, 4.69) is 0 Å². The van der Waals surface area contributed by atoms with Gasteiger partial charge in [-0.2, -0.15) is 0 Å². The molecule has 7 heteroatoms. The molecular weight excluding hydrogens is 272 g/mol. The molecule has 1 aliphatic rings. The highest BCUT2D eigenvalue weighted by atomic mass is 19.3. The molecule has 0 radical (unpaired) electrons. The van der Waals surface area contributed by atoms with E-state index in [1.54, 1.807) is 6.07 Å². The number of carbonyl (C=O) groups excluding carboxylic acids is 1. The molecule has 1 fully saturated rings. The van der Waals surface area contributed by atoms with Crippen molar-refractivity contribution >= 4 is 11.9 Å². The molecule has 0 aromatic heterocycles. The van der Waals surface area contributed by atoms with Crippen LogP contribution >= 0.6 is 0 Å². The molecular formula is C13H13F2NO4. The van der Waals surface area contributed by atoms with Gasteiger partial charge in [0, 0.05) is 13.0 Å². The third-order valence-corrected chi connectivity index (χ3v) is 2.99. The van der Waals surface area contributed by atoms with E-state index in [0.29, 0.717) is 0 Å². The van der Waals surface area contributed by atoms with E-state index < -0.39 is 31.0 Å². The van der Waals surface area contributed by atoms with E-state index in [0.717, 1.165) is 4.90 Å². The molecule has 0 aliphatic carbocycles. The molecule has 0 bridgehead atoms. The van der Waals surface area contributed by atoms with Crippen molar-refractivity contribution in [2.75, 3.05) is 19.7 Å². The van der Waals surface area contributed by atoms with Gasteiger partial charge in [0.25, 0.3) is 11.8 Å². The summed E-state index contributed by atoms with van der Waals surface area (Å²) in [6.45, 7) is -1.09. The molecule has 1 amide bonds. The lowest BCUT2D eigenvalue weighted by Gasteiger charge is -2.16. The van der Waals surface area contributed by atoms with Gasteiger partial charge < -0.3 is 14.7 Å². The van der Waals surface area contributed by atoms with E-state index in [-0.39, 0.29) is 24.3 Å². The number of alkyl halides is 2. The Balaban J connectivity index is 1.96. The fraction of sp³-hybridized carbons (Fsp3) is 0.385. The van der Waals surface area contributed by atoms with Gasteiger partial charge in [-0.25, -0.2) is 13.6 Å². The lowest BCUT2D eigenvalue weighted by Crippen LogP contribution is -2.35. The number of halogens is 2. The lowest BCUT2D eigenvalue weighted by atomic mass is 10.2. The molecule has 108 valence electrons. The second-order valence-corrected chi connectivity index (χ2v) is 4.51. The minimum Gasteiger partial charge on any atom is -0.483 e. The van der Waals surface area contributed by atoms with Gasteiger partial charge >= 0.3 is 5.97 Å². The summed E-state index contributed by atoms with van der Waals surface area (Å²) in [5.41, 5.74) is -0.0768. The first-order chi connectivity index (χ1) is 9.39. The number of likely N-dealkylation sites (tertiary alicyclic amines) is 1. The Hall–Kier alpha value is -2.18. The van der Waals surface area contributed by atoms with Crippen LogP contribution in [0, 0.1) is 0 Å². The zero-order chi connectivity index (χ0) is 14.8. The van der Waals surface area contributed by atoms with Crippen molar-refractivity contribution in [3.8, 4) is 5.75 Å². The highest BCUT2D eigenvalue weighted by molar-refractivity contribution is 5.91. The molecule has 1 aromatic rings. The summed E-state index contributed by atoms with van der Waals surface area (Å²) in [5.74, 6) is -4.57. The predicted octanol–water partition coefficient (Wildman–Crippen LogP) is 1.63. The second kappa shape index (κ2) is 5.44. The number of carboxylic acids is 1. The van der Waals surface area contributed by atoms with E-state index in [1.807, 2.05) is 0 Å². The summed E-state index contributed by atoms with van der Waals surface area (Å²) >= 11 is 0. The number of carbonyl (C=O) groups is 2. The van der Waals surface area contributed by atoms with Crippen LogP contribution in [0.5, 0.6) is 5.75 Å². The van der Waals surface area contributed by atoms with Crippen LogP contribution < -0.4 is 4.74 Å². The van der Waals surface area contributed by atoms with Crippen molar-refractivity contribution in [3.63, 3.8) is 0 Å². The lowest BCUT2D eigenvalue weighted by molar-refractivity contribution is -0.133. The number of amides is 1. The van der Waals surface area contributed by atoms with Crippen LogP contribution in [0.4, 0.5) is 8.78 Å². The van der Waals surface area contributed by atoms with Crippen LogP contribution in [0.1, 0.15) is 16.8 Å². The van der Waals surface area contributed by atoms with Crippen molar-refractivity contribution in [1.29, 1.82) is 0 Å². The van der Waals surface area contributed by atoms with Gasteiger partial charge in [0.05, 0.1) is 6.54 Å². The number of nitrogens with zero attached hydrogens (tertiary/aromatic N) is 1. The quantitative estimate of drug-likeness (QED) is 0.913. The first kappa shape index (κ1) is 14.2. The largest absolute Gasteiger partial charge is 0.483 e. The summed E-state index contributed by atoms with van der Waals surface area (Å²) in [6.07, 6.45) is -0.357. The van der Waals surface area contributed by atoms with Crippen LogP contribution in [0.15, 0.2) is 24.3 Å². The van der Waals surface area contributed by atoms with E-state index >= 15 is 0 Å². The number of hydrogen-bond donors (Lipinski definition) is 1. The number of carboxylic acid groups (broad SMARTS) is 1. The fourth-order valence-corrected chi connectivity index (χ4v) is 1.95. The van der Waals surface area contributed by atoms with Crippen LogP contribution in [-0.2, 0) is 4.79 Å². The Morgan fingerprint density at radius 1 is 1.35 bits per heavy atom. The third kappa shape index (κ3) is 3.23. The van der Waals surface area contributed by atoms with Gasteiger partial charge in [-0.3, -0.25) is 4.79 Å². The molecule has 1 saturated heterocycles. The number of rotatable bonds is 4. The number of benzene rings is 1. The van der Waals surface area contributed by atoms with Gasteiger partial charge in [-0.15, -0.1) is 0 Å². The van der Waals surface area contributed by atoms with Gasteiger partial charge in [0.2, 0.25) is 0 Å². The minimum atomic E-state index is -2.85. The Morgan fingerprint density at radius 3 is 2.65 bits per heavy atom. The maximum Gasteiger partial charge on any atom is 0.339 e. The average Bonchev–Trinajstić information content (AvgIpc) is 2.76. The van der Waals surface area contributed by atoms with Crippen LogP contribution in [0.3, 0.4) is 0 Å². The smallest absolute Gasteiger partial charge is 0.339 e. The summed E-state index contributed by atoms with van der Waals surface area (Å²) < 4.78 is 31.1. The van der Waals surface area contributed by atoms with Crippen molar-refractivity contribution in [2.24, 2.45) is 0 Å². The first-order valence-electron chi connectivity index (χ1n) is 6.00. The van der Waals surface area contributed by atoms with Gasteiger partial charge in [0.15, 0.2) is 6.61 Å². The van der Waals surface area contributed by atoms with E-state index in [4.69, 9.17) is 9.84 Å². The number of hydrogen-bond acceptors (Lipinski definition) is 3. The zero-order valence-corrected chi connectivity index (χ0v) is 10.5. The number of para-hydroxylation sites is 1. The van der Waals surface area contributed by atoms with Crippen molar-refractivity contribution in [1.82, 2.24) is 4.90 Å². The van der Waals surface area contributed by atoms with Crippen molar-refractivity contribution < 1.29 is 28.2 Å². The summed E-state index contributed by atoms with van der Waals surface area (Å²) in [4.78, 5) is 23.7. The molecule has 0 atom stereocenters. The molecule has 1 heterocycles. The Morgan fingerprint density at radius 2 is 2.05 bits per heavy atom. The van der Waals surface area contributed by atoms with Gasteiger partial charge in [0.1, 0.15) is 11.3 Å².